The van der Waals surface area contributed by atoms with E-state index in [4.69, 9.17) is 16.6 Å². The molecule has 6 heteroatoms. The van der Waals surface area contributed by atoms with Gasteiger partial charge in [0.15, 0.2) is 5.96 Å². The smallest absolute Gasteiger partial charge is 0.306 e. The van der Waals surface area contributed by atoms with Crippen LogP contribution in [-0.4, -0.2) is 23.6 Å². The molecular weight excluding hydrogens is 334 g/mol. The third-order valence-corrected chi connectivity index (χ3v) is 4.84. The van der Waals surface area contributed by atoms with Crippen molar-refractivity contribution in [1.29, 1.82) is 0 Å². The van der Waals surface area contributed by atoms with Crippen molar-refractivity contribution in [3.05, 3.63) is 34.3 Å². The number of benzene rings is 1. The molecule has 0 aliphatic heterocycles. The summed E-state index contributed by atoms with van der Waals surface area (Å²) in [5.74, 6) is -0.888. The number of hydrogen-bond donors (Lipinski definition) is 3. The Labute approximate surface area is 132 Å². The molecule has 5 N–H and O–H groups in total. The molecule has 21 heavy (non-hydrogen) atoms. The summed E-state index contributed by atoms with van der Waals surface area (Å²) < 4.78 is 1.02. The van der Waals surface area contributed by atoms with Crippen LogP contribution in [0.15, 0.2) is 33.7 Å². The first-order valence-corrected chi connectivity index (χ1v) is 7.76. The molecule has 0 spiro atoms. The fourth-order valence-electron chi connectivity index (χ4n) is 3.00. The Hall–Kier alpha value is -1.56. The zero-order valence-corrected chi connectivity index (χ0v) is 13.3. The van der Waals surface area contributed by atoms with Gasteiger partial charge >= 0.3 is 5.97 Å². The normalized spacial score (nSPS) is 25.3. The van der Waals surface area contributed by atoms with Crippen LogP contribution in [0.2, 0.25) is 0 Å². The highest BCUT2D eigenvalue weighted by atomic mass is 79.9. The largest absolute Gasteiger partial charge is 0.481 e. The zero-order valence-electron chi connectivity index (χ0n) is 11.8. The van der Waals surface area contributed by atoms with E-state index in [2.05, 4.69) is 33.1 Å². The van der Waals surface area contributed by atoms with Crippen LogP contribution in [0.3, 0.4) is 0 Å². The molecule has 0 radical (unpaired) electrons. The van der Waals surface area contributed by atoms with Crippen molar-refractivity contribution in [3.8, 4) is 0 Å². The van der Waals surface area contributed by atoms with Gasteiger partial charge in [0.05, 0.1) is 12.5 Å². The summed E-state index contributed by atoms with van der Waals surface area (Å²) in [5, 5.41) is 9.16. The predicted octanol–water partition coefficient (Wildman–Crippen LogP) is 2.24. The van der Waals surface area contributed by atoms with Gasteiger partial charge in [0.1, 0.15) is 0 Å². The van der Waals surface area contributed by atoms with Crippen molar-refractivity contribution < 1.29 is 9.90 Å². The molecule has 0 heterocycles. The van der Waals surface area contributed by atoms with E-state index in [0.29, 0.717) is 19.4 Å². The van der Waals surface area contributed by atoms with Gasteiger partial charge < -0.3 is 16.6 Å². The monoisotopic (exact) mass is 353 g/mol. The molecule has 0 amide bonds. The van der Waals surface area contributed by atoms with Crippen molar-refractivity contribution in [3.63, 3.8) is 0 Å². The molecule has 1 fully saturated rings. The van der Waals surface area contributed by atoms with E-state index in [-0.39, 0.29) is 17.3 Å². The topological polar surface area (TPSA) is 102 Å². The standard InChI is InChI=1S/C15H20BrN3O2/c16-12-3-1-11(2-4-12)15(9-19-14(17)18)7-5-10(6-8-15)13(20)21/h1-4,10H,5-9H2,(H,20,21)(H4,17,18,19). The van der Waals surface area contributed by atoms with E-state index < -0.39 is 5.97 Å². The lowest BCUT2D eigenvalue weighted by Crippen LogP contribution is -2.38. The highest BCUT2D eigenvalue weighted by molar-refractivity contribution is 9.10. The van der Waals surface area contributed by atoms with Gasteiger partial charge in [0, 0.05) is 9.89 Å². The maximum atomic E-state index is 11.1. The number of halogens is 1. The molecule has 1 aliphatic rings. The highest BCUT2D eigenvalue weighted by Gasteiger charge is 2.38. The maximum absolute atomic E-state index is 11.1. The van der Waals surface area contributed by atoms with E-state index in [1.807, 2.05) is 12.1 Å². The van der Waals surface area contributed by atoms with Crippen molar-refractivity contribution in [1.82, 2.24) is 0 Å². The Balaban J connectivity index is 2.26. The lowest BCUT2D eigenvalue weighted by Gasteiger charge is -2.38. The fraction of sp³-hybridized carbons (Fsp3) is 0.467. The van der Waals surface area contributed by atoms with Crippen LogP contribution in [0.1, 0.15) is 31.2 Å². The maximum Gasteiger partial charge on any atom is 0.306 e. The van der Waals surface area contributed by atoms with Gasteiger partial charge in [-0.25, -0.2) is 0 Å². The number of rotatable bonds is 4. The molecular formula is C15H20BrN3O2. The first-order valence-electron chi connectivity index (χ1n) is 6.97. The molecule has 2 rings (SSSR count). The molecule has 0 atom stereocenters. The Morgan fingerprint density at radius 1 is 1.29 bits per heavy atom. The number of aliphatic imine (C=N–C) groups is 1. The molecule has 1 aliphatic carbocycles. The first-order chi connectivity index (χ1) is 9.93. The molecule has 5 nitrogen and oxygen atoms in total. The van der Waals surface area contributed by atoms with E-state index >= 15 is 0 Å². The van der Waals surface area contributed by atoms with Crippen LogP contribution >= 0.6 is 15.9 Å². The quantitative estimate of drug-likeness (QED) is 0.570. The number of nitrogens with zero attached hydrogens (tertiary/aromatic N) is 1. The van der Waals surface area contributed by atoms with E-state index in [9.17, 15) is 4.79 Å². The lowest BCUT2D eigenvalue weighted by molar-refractivity contribution is -0.143. The van der Waals surface area contributed by atoms with Gasteiger partial charge in [0.25, 0.3) is 0 Å². The van der Waals surface area contributed by atoms with Gasteiger partial charge in [0.2, 0.25) is 0 Å². The van der Waals surface area contributed by atoms with Crippen LogP contribution in [0.4, 0.5) is 0 Å². The second-order valence-electron chi connectivity index (χ2n) is 5.64. The van der Waals surface area contributed by atoms with E-state index in [0.717, 1.165) is 17.3 Å². The van der Waals surface area contributed by atoms with Crippen LogP contribution in [0, 0.1) is 5.92 Å². The van der Waals surface area contributed by atoms with Gasteiger partial charge in [-0.15, -0.1) is 0 Å². The molecule has 0 unspecified atom stereocenters. The highest BCUT2D eigenvalue weighted by Crippen LogP contribution is 2.42. The van der Waals surface area contributed by atoms with Crippen molar-refractivity contribution >= 4 is 27.9 Å². The summed E-state index contributed by atoms with van der Waals surface area (Å²) in [7, 11) is 0. The second-order valence-corrected chi connectivity index (χ2v) is 6.56. The first kappa shape index (κ1) is 15.8. The van der Waals surface area contributed by atoms with Crippen LogP contribution < -0.4 is 11.5 Å². The SMILES string of the molecule is NC(N)=NCC1(c2ccc(Br)cc2)CCC(C(=O)O)CC1. The number of aliphatic carboxylic acids is 1. The molecule has 1 aromatic carbocycles. The Kier molecular flexibility index (Phi) is 4.88. The van der Waals surface area contributed by atoms with Crippen LogP contribution in [-0.2, 0) is 10.2 Å². The summed E-state index contributed by atoms with van der Waals surface area (Å²) >= 11 is 3.43. The minimum absolute atomic E-state index is 0.0758. The van der Waals surface area contributed by atoms with Gasteiger partial charge in [-0.3, -0.25) is 9.79 Å². The third kappa shape index (κ3) is 3.75. The zero-order chi connectivity index (χ0) is 15.5. The van der Waals surface area contributed by atoms with E-state index in [1.54, 1.807) is 0 Å². The number of carbonyl (C=O) groups is 1. The summed E-state index contributed by atoms with van der Waals surface area (Å²) in [6, 6.07) is 8.12. The van der Waals surface area contributed by atoms with Gasteiger partial charge in [-0.1, -0.05) is 28.1 Å². The predicted molar refractivity (Wildman–Crippen MR) is 86.1 cm³/mol. The average molecular weight is 354 g/mol. The van der Waals surface area contributed by atoms with Crippen molar-refractivity contribution in [2.24, 2.45) is 22.4 Å². The van der Waals surface area contributed by atoms with Crippen LogP contribution in [0.25, 0.3) is 0 Å². The Bertz CT molecular complexity index is 530. The van der Waals surface area contributed by atoms with Gasteiger partial charge in [-0.2, -0.15) is 0 Å². The minimum Gasteiger partial charge on any atom is -0.481 e. The minimum atomic E-state index is -0.707. The van der Waals surface area contributed by atoms with Crippen molar-refractivity contribution in [2.45, 2.75) is 31.1 Å². The molecule has 1 aromatic rings. The Morgan fingerprint density at radius 3 is 2.33 bits per heavy atom. The Morgan fingerprint density at radius 2 is 1.86 bits per heavy atom. The number of hydrogen-bond acceptors (Lipinski definition) is 2. The van der Waals surface area contributed by atoms with Gasteiger partial charge in [-0.05, 0) is 43.4 Å². The third-order valence-electron chi connectivity index (χ3n) is 4.31. The second kappa shape index (κ2) is 6.47. The molecule has 1 saturated carbocycles. The number of guanidine groups is 1. The summed E-state index contributed by atoms with van der Waals surface area (Å²) in [6.45, 7) is 0.503. The number of carboxylic acid groups (broad SMARTS) is 1. The number of nitrogens with two attached hydrogens (primary N) is 2. The lowest BCUT2D eigenvalue weighted by atomic mass is 9.66. The summed E-state index contributed by atoms with van der Waals surface area (Å²) in [4.78, 5) is 15.3. The summed E-state index contributed by atoms with van der Waals surface area (Å²) in [6.07, 6.45) is 2.88. The van der Waals surface area contributed by atoms with Crippen molar-refractivity contribution in [2.75, 3.05) is 6.54 Å². The number of carboxylic acids is 1. The molecule has 0 aromatic heterocycles. The fourth-order valence-corrected chi connectivity index (χ4v) is 3.27. The van der Waals surface area contributed by atoms with E-state index in [1.165, 1.54) is 5.56 Å². The van der Waals surface area contributed by atoms with Crippen LogP contribution in [0.5, 0.6) is 0 Å². The molecule has 0 bridgehead atoms. The molecule has 114 valence electrons. The summed E-state index contributed by atoms with van der Waals surface area (Å²) in [5.41, 5.74) is 11.9. The molecule has 0 saturated heterocycles. The average Bonchev–Trinajstić information content (AvgIpc) is 2.46.